The molecule has 0 fully saturated rings. The number of carboxylic acids is 1. The molecule has 6 heteroatoms. The summed E-state index contributed by atoms with van der Waals surface area (Å²) in [5.41, 5.74) is 0.215. The molecule has 0 aromatic heterocycles. The fourth-order valence-corrected chi connectivity index (χ4v) is 1.64. The zero-order chi connectivity index (χ0) is 14.3. The molecule has 0 atom stereocenters. The Morgan fingerprint density at radius 1 is 1.26 bits per heavy atom. The number of halogens is 2. The molecule has 0 radical (unpaired) electrons. The Labute approximate surface area is 115 Å². The molecule has 104 valence electrons. The summed E-state index contributed by atoms with van der Waals surface area (Å²) in [5.74, 6) is -1.81. The van der Waals surface area contributed by atoms with Gasteiger partial charge in [-0.05, 0) is 31.0 Å². The van der Waals surface area contributed by atoms with Gasteiger partial charge in [0.1, 0.15) is 5.82 Å². The van der Waals surface area contributed by atoms with E-state index in [2.05, 4.69) is 5.32 Å². The Balaban J connectivity index is 2.27. The smallest absolute Gasteiger partial charge is 0.303 e. The summed E-state index contributed by atoms with van der Waals surface area (Å²) >= 11 is 5.52. The van der Waals surface area contributed by atoms with Gasteiger partial charge in [-0.15, -0.1) is 0 Å². The lowest BCUT2D eigenvalue weighted by molar-refractivity contribution is -0.137. The molecule has 1 rings (SSSR count). The number of amides is 1. The van der Waals surface area contributed by atoms with Crippen LogP contribution in [0.1, 0.15) is 36.0 Å². The summed E-state index contributed by atoms with van der Waals surface area (Å²) in [7, 11) is 0. The van der Waals surface area contributed by atoms with Gasteiger partial charge in [-0.3, -0.25) is 9.59 Å². The van der Waals surface area contributed by atoms with Crippen molar-refractivity contribution in [2.45, 2.75) is 25.7 Å². The van der Waals surface area contributed by atoms with Gasteiger partial charge in [0.25, 0.3) is 5.91 Å². The fraction of sp³-hybridized carbons (Fsp3) is 0.385. The van der Waals surface area contributed by atoms with E-state index >= 15 is 0 Å². The molecule has 0 spiro atoms. The van der Waals surface area contributed by atoms with E-state index < -0.39 is 11.8 Å². The van der Waals surface area contributed by atoms with E-state index in [0.717, 1.165) is 12.5 Å². The van der Waals surface area contributed by atoms with Crippen molar-refractivity contribution in [2.24, 2.45) is 0 Å². The van der Waals surface area contributed by atoms with Crippen LogP contribution < -0.4 is 5.32 Å². The van der Waals surface area contributed by atoms with E-state index in [1.165, 1.54) is 12.1 Å². The highest BCUT2D eigenvalue weighted by atomic mass is 35.5. The zero-order valence-electron chi connectivity index (χ0n) is 10.3. The number of rotatable bonds is 7. The summed E-state index contributed by atoms with van der Waals surface area (Å²) in [4.78, 5) is 21.9. The molecule has 0 bridgehead atoms. The molecule has 4 nitrogen and oxygen atoms in total. The van der Waals surface area contributed by atoms with E-state index in [4.69, 9.17) is 16.7 Å². The van der Waals surface area contributed by atoms with Crippen molar-refractivity contribution in [3.05, 3.63) is 34.6 Å². The van der Waals surface area contributed by atoms with Gasteiger partial charge in [0, 0.05) is 18.5 Å². The lowest BCUT2D eigenvalue weighted by atomic mass is 10.2. The molecule has 1 amide bonds. The first-order valence-electron chi connectivity index (χ1n) is 5.95. The first-order chi connectivity index (χ1) is 9.00. The van der Waals surface area contributed by atoms with Gasteiger partial charge in [0.2, 0.25) is 0 Å². The molecule has 19 heavy (non-hydrogen) atoms. The van der Waals surface area contributed by atoms with Crippen LogP contribution in [-0.4, -0.2) is 23.5 Å². The molecule has 1 aromatic carbocycles. The summed E-state index contributed by atoms with van der Waals surface area (Å²) in [6.45, 7) is 0.433. The molecule has 0 heterocycles. The van der Waals surface area contributed by atoms with Crippen molar-refractivity contribution in [3.63, 3.8) is 0 Å². The van der Waals surface area contributed by atoms with E-state index in [-0.39, 0.29) is 22.9 Å². The number of benzene rings is 1. The third kappa shape index (κ3) is 5.70. The Kier molecular flexibility index (Phi) is 6.29. The number of carbonyl (C=O) groups excluding carboxylic acids is 1. The molecule has 0 aliphatic rings. The van der Waals surface area contributed by atoms with Crippen molar-refractivity contribution in [2.75, 3.05) is 6.54 Å². The zero-order valence-corrected chi connectivity index (χ0v) is 11.0. The topological polar surface area (TPSA) is 66.4 Å². The first-order valence-corrected chi connectivity index (χ1v) is 6.33. The Morgan fingerprint density at radius 2 is 2.00 bits per heavy atom. The van der Waals surface area contributed by atoms with Crippen molar-refractivity contribution in [1.82, 2.24) is 5.32 Å². The third-order valence-corrected chi connectivity index (χ3v) is 2.84. The molecule has 0 aliphatic carbocycles. The lowest BCUT2D eigenvalue weighted by Gasteiger charge is -2.05. The van der Waals surface area contributed by atoms with Crippen LogP contribution in [0.5, 0.6) is 0 Å². The lowest BCUT2D eigenvalue weighted by Crippen LogP contribution is -2.24. The normalized spacial score (nSPS) is 10.2. The molecule has 0 saturated heterocycles. The van der Waals surface area contributed by atoms with Crippen LogP contribution in [0, 0.1) is 5.82 Å². The average Bonchev–Trinajstić information content (AvgIpc) is 2.36. The van der Waals surface area contributed by atoms with Crippen LogP contribution >= 0.6 is 11.6 Å². The SMILES string of the molecule is O=C(O)CCCCCNC(=O)c1ccc(Cl)c(F)c1. The molecule has 0 unspecified atom stereocenters. The number of carbonyl (C=O) groups is 2. The molecule has 2 N–H and O–H groups in total. The highest BCUT2D eigenvalue weighted by Gasteiger charge is 2.08. The third-order valence-electron chi connectivity index (χ3n) is 2.53. The van der Waals surface area contributed by atoms with Gasteiger partial charge in [-0.25, -0.2) is 4.39 Å². The Hall–Kier alpha value is -1.62. The monoisotopic (exact) mass is 287 g/mol. The van der Waals surface area contributed by atoms with Crippen molar-refractivity contribution in [3.8, 4) is 0 Å². The number of hydrogen-bond acceptors (Lipinski definition) is 2. The Bertz CT molecular complexity index is 465. The second kappa shape index (κ2) is 7.74. The van der Waals surface area contributed by atoms with Crippen LogP contribution in [0.3, 0.4) is 0 Å². The molecular formula is C13H15ClFNO3. The summed E-state index contributed by atoms with van der Waals surface area (Å²) in [5, 5.41) is 11.1. The number of carboxylic acid groups (broad SMARTS) is 1. The molecule has 0 aliphatic heterocycles. The van der Waals surface area contributed by atoms with Gasteiger partial charge >= 0.3 is 5.97 Å². The van der Waals surface area contributed by atoms with E-state index in [1.807, 2.05) is 0 Å². The van der Waals surface area contributed by atoms with E-state index in [0.29, 0.717) is 19.4 Å². The first kappa shape index (κ1) is 15.4. The summed E-state index contributed by atoms with van der Waals surface area (Å²) < 4.78 is 13.1. The maximum absolute atomic E-state index is 13.1. The molecule has 0 saturated carbocycles. The van der Waals surface area contributed by atoms with Crippen LogP contribution in [0.15, 0.2) is 18.2 Å². The van der Waals surface area contributed by atoms with Gasteiger partial charge in [0.15, 0.2) is 0 Å². The van der Waals surface area contributed by atoms with Gasteiger partial charge in [-0.2, -0.15) is 0 Å². The van der Waals surface area contributed by atoms with Gasteiger partial charge in [0.05, 0.1) is 5.02 Å². The second-order valence-corrected chi connectivity index (χ2v) is 4.50. The highest BCUT2D eigenvalue weighted by Crippen LogP contribution is 2.15. The minimum atomic E-state index is -0.819. The molecule has 1 aromatic rings. The largest absolute Gasteiger partial charge is 0.481 e. The van der Waals surface area contributed by atoms with Crippen LogP contribution in [0.4, 0.5) is 4.39 Å². The van der Waals surface area contributed by atoms with E-state index in [1.54, 1.807) is 0 Å². The van der Waals surface area contributed by atoms with Gasteiger partial charge in [-0.1, -0.05) is 18.0 Å². The summed E-state index contributed by atoms with van der Waals surface area (Å²) in [6.07, 6.45) is 2.13. The number of aliphatic carboxylic acids is 1. The quantitative estimate of drug-likeness (QED) is 0.758. The van der Waals surface area contributed by atoms with Gasteiger partial charge < -0.3 is 10.4 Å². The van der Waals surface area contributed by atoms with Crippen molar-refractivity contribution in [1.29, 1.82) is 0 Å². The number of hydrogen-bond donors (Lipinski definition) is 2. The summed E-state index contributed by atoms with van der Waals surface area (Å²) in [6, 6.07) is 3.87. The predicted molar refractivity (Wildman–Crippen MR) is 69.8 cm³/mol. The van der Waals surface area contributed by atoms with Crippen LogP contribution in [0.25, 0.3) is 0 Å². The number of unbranched alkanes of at least 4 members (excludes halogenated alkanes) is 2. The highest BCUT2D eigenvalue weighted by molar-refractivity contribution is 6.30. The standard InChI is InChI=1S/C13H15ClFNO3/c14-10-6-5-9(8-11(10)15)13(19)16-7-3-1-2-4-12(17)18/h5-6,8H,1-4,7H2,(H,16,19)(H,17,18). The fourth-order valence-electron chi connectivity index (χ4n) is 1.52. The minimum Gasteiger partial charge on any atom is -0.481 e. The maximum Gasteiger partial charge on any atom is 0.303 e. The maximum atomic E-state index is 13.1. The number of nitrogens with one attached hydrogen (secondary N) is 1. The van der Waals surface area contributed by atoms with E-state index in [9.17, 15) is 14.0 Å². The second-order valence-electron chi connectivity index (χ2n) is 4.09. The van der Waals surface area contributed by atoms with Crippen molar-refractivity contribution >= 4 is 23.5 Å². The predicted octanol–water partition coefficient (Wildman–Crippen LogP) is 2.85. The average molecular weight is 288 g/mol. The minimum absolute atomic E-state index is 0.0229. The molecular weight excluding hydrogens is 273 g/mol. The van der Waals surface area contributed by atoms with Crippen molar-refractivity contribution < 1.29 is 19.1 Å². The Morgan fingerprint density at radius 3 is 2.63 bits per heavy atom. The van der Waals surface area contributed by atoms with Crippen LogP contribution in [0.2, 0.25) is 5.02 Å². The van der Waals surface area contributed by atoms with Crippen LogP contribution in [-0.2, 0) is 4.79 Å².